The molecular weight excluding hydrogens is 374 g/mol. The fraction of sp³-hybridized carbons (Fsp3) is 0.200. The van der Waals surface area contributed by atoms with Crippen molar-refractivity contribution in [2.45, 2.75) is 12.1 Å². The van der Waals surface area contributed by atoms with Gasteiger partial charge in [0.05, 0.1) is 13.7 Å². The number of amides is 4. The molecule has 1 aromatic heterocycles. The molecule has 1 saturated heterocycles. The minimum Gasteiger partial charge on any atom is -0.497 e. The van der Waals surface area contributed by atoms with Gasteiger partial charge in [-0.15, -0.1) is 0 Å². The van der Waals surface area contributed by atoms with E-state index in [0.29, 0.717) is 29.2 Å². The average molecular weight is 391 g/mol. The van der Waals surface area contributed by atoms with Crippen molar-refractivity contribution >= 4 is 23.7 Å². The molecule has 0 bridgehead atoms. The van der Waals surface area contributed by atoms with Crippen LogP contribution in [0.5, 0.6) is 5.75 Å². The molecule has 0 radical (unpaired) electrons. The first kappa shape index (κ1) is 18.3. The van der Waals surface area contributed by atoms with Crippen molar-refractivity contribution < 1.29 is 19.1 Å². The van der Waals surface area contributed by atoms with Crippen molar-refractivity contribution in [3.8, 4) is 17.6 Å². The summed E-state index contributed by atoms with van der Waals surface area (Å²) in [4.78, 5) is 42.7. The van der Waals surface area contributed by atoms with Crippen LogP contribution >= 0.6 is 0 Å². The van der Waals surface area contributed by atoms with E-state index in [1.54, 1.807) is 30.3 Å². The lowest BCUT2D eigenvalue weighted by Crippen LogP contribution is -2.54. The van der Waals surface area contributed by atoms with Gasteiger partial charge < -0.3 is 20.7 Å². The number of imide groups is 1. The predicted molar refractivity (Wildman–Crippen MR) is 103 cm³/mol. The summed E-state index contributed by atoms with van der Waals surface area (Å²) in [6.07, 6.45) is 1.47. The summed E-state index contributed by atoms with van der Waals surface area (Å²) in [7, 11) is 1.52. The Bertz CT molecular complexity index is 1090. The number of hydrogen-bond acceptors (Lipinski definition) is 6. The summed E-state index contributed by atoms with van der Waals surface area (Å²) in [6.45, 7) is 0.198. The zero-order chi connectivity index (χ0) is 20.6. The molecule has 146 valence electrons. The monoisotopic (exact) mass is 391 g/mol. The van der Waals surface area contributed by atoms with Crippen LogP contribution in [0.15, 0.2) is 36.5 Å². The van der Waals surface area contributed by atoms with E-state index in [-0.39, 0.29) is 12.5 Å². The number of urea groups is 1. The van der Waals surface area contributed by atoms with Crippen molar-refractivity contribution in [1.82, 2.24) is 20.5 Å². The van der Waals surface area contributed by atoms with E-state index < -0.39 is 17.5 Å². The van der Waals surface area contributed by atoms with Crippen LogP contribution in [0, 0.1) is 11.8 Å². The van der Waals surface area contributed by atoms with Crippen molar-refractivity contribution in [2.75, 3.05) is 19.4 Å². The molecule has 2 aromatic rings. The number of aromatic nitrogens is 1. The second-order valence-electron chi connectivity index (χ2n) is 6.72. The Hall–Kier alpha value is -4.06. The van der Waals surface area contributed by atoms with Crippen LogP contribution < -0.4 is 21.1 Å². The molecule has 0 aliphatic carbocycles. The number of nitrogens with zero attached hydrogens (tertiary/aromatic N) is 2. The highest BCUT2D eigenvalue weighted by Gasteiger charge is 2.48. The standard InChI is InChI=1S/C20H17N5O4/c1-29-14-4-3-13-10-25(17(26)15(13)8-14)11-20(18(27)23-19(28)24-20)7-6-12-2-5-16(21)22-9-12/h2-5,8-9H,10-11H2,1H3,(H2,21,22)(H2,23,24,27,28)/t20-/m1/s1. The summed E-state index contributed by atoms with van der Waals surface area (Å²) in [5, 5.41) is 4.75. The number of nitrogen functional groups attached to an aromatic ring is 1. The minimum absolute atomic E-state index is 0.101. The summed E-state index contributed by atoms with van der Waals surface area (Å²) < 4.78 is 5.17. The Morgan fingerprint density at radius 1 is 1.28 bits per heavy atom. The summed E-state index contributed by atoms with van der Waals surface area (Å²) >= 11 is 0. The van der Waals surface area contributed by atoms with Gasteiger partial charge >= 0.3 is 6.03 Å². The summed E-state index contributed by atoms with van der Waals surface area (Å²) in [5.41, 5.74) is 5.83. The van der Waals surface area contributed by atoms with E-state index in [2.05, 4.69) is 27.5 Å². The lowest BCUT2D eigenvalue weighted by Gasteiger charge is -2.26. The third-order valence-corrected chi connectivity index (χ3v) is 4.77. The third-order valence-electron chi connectivity index (χ3n) is 4.77. The SMILES string of the molecule is COc1ccc2c(c1)C(=O)N(C[C@@]1(C#Cc3ccc(N)nc3)NC(=O)NC1=O)C2. The van der Waals surface area contributed by atoms with Crippen LogP contribution in [0.4, 0.5) is 10.6 Å². The van der Waals surface area contributed by atoms with Gasteiger partial charge in [0.25, 0.3) is 11.8 Å². The van der Waals surface area contributed by atoms with Gasteiger partial charge in [-0.25, -0.2) is 9.78 Å². The molecule has 1 atom stereocenters. The second-order valence-corrected chi connectivity index (χ2v) is 6.72. The zero-order valence-corrected chi connectivity index (χ0v) is 15.5. The van der Waals surface area contributed by atoms with Crippen molar-refractivity contribution in [3.05, 3.63) is 53.2 Å². The Labute approximate surface area is 166 Å². The number of benzene rings is 1. The first-order valence-electron chi connectivity index (χ1n) is 8.75. The number of anilines is 1. The van der Waals surface area contributed by atoms with E-state index in [0.717, 1.165) is 5.56 Å². The molecule has 1 aromatic carbocycles. The molecule has 3 heterocycles. The number of nitrogens with two attached hydrogens (primary N) is 1. The van der Waals surface area contributed by atoms with Gasteiger partial charge in [0.15, 0.2) is 0 Å². The van der Waals surface area contributed by atoms with Crippen LogP contribution in [-0.4, -0.2) is 46.9 Å². The minimum atomic E-state index is -1.57. The average Bonchev–Trinajstić information content (AvgIpc) is 3.16. The maximum absolute atomic E-state index is 12.8. The Kier molecular flexibility index (Phi) is 4.31. The van der Waals surface area contributed by atoms with Gasteiger partial charge in [0.1, 0.15) is 11.6 Å². The quantitative estimate of drug-likeness (QED) is 0.509. The molecule has 2 aliphatic heterocycles. The Morgan fingerprint density at radius 3 is 2.76 bits per heavy atom. The van der Waals surface area contributed by atoms with E-state index in [4.69, 9.17) is 10.5 Å². The number of rotatable bonds is 3. The van der Waals surface area contributed by atoms with E-state index >= 15 is 0 Å². The van der Waals surface area contributed by atoms with E-state index in [1.165, 1.54) is 18.2 Å². The molecule has 1 fully saturated rings. The van der Waals surface area contributed by atoms with Gasteiger partial charge in [0.2, 0.25) is 5.54 Å². The number of methoxy groups -OCH3 is 1. The van der Waals surface area contributed by atoms with Crippen LogP contribution in [0.2, 0.25) is 0 Å². The molecular formula is C20H17N5O4. The van der Waals surface area contributed by atoms with Crippen molar-refractivity contribution in [2.24, 2.45) is 0 Å². The fourth-order valence-electron chi connectivity index (χ4n) is 3.27. The van der Waals surface area contributed by atoms with E-state index in [1.807, 2.05) is 0 Å². The van der Waals surface area contributed by atoms with Gasteiger partial charge in [-0.3, -0.25) is 14.9 Å². The highest BCUT2D eigenvalue weighted by atomic mass is 16.5. The molecule has 9 nitrogen and oxygen atoms in total. The van der Waals surface area contributed by atoms with E-state index in [9.17, 15) is 14.4 Å². The van der Waals surface area contributed by atoms with Crippen LogP contribution in [0.3, 0.4) is 0 Å². The van der Waals surface area contributed by atoms with Crippen LogP contribution in [-0.2, 0) is 11.3 Å². The first-order chi connectivity index (χ1) is 13.9. The van der Waals surface area contributed by atoms with Crippen LogP contribution in [0.1, 0.15) is 21.5 Å². The lowest BCUT2D eigenvalue weighted by molar-refractivity contribution is -0.122. The molecule has 2 aliphatic rings. The maximum atomic E-state index is 12.8. The van der Waals surface area contributed by atoms with Crippen LogP contribution in [0.25, 0.3) is 0 Å². The van der Waals surface area contributed by atoms with Gasteiger partial charge in [-0.1, -0.05) is 17.9 Å². The Balaban J connectivity index is 1.64. The summed E-state index contributed by atoms with van der Waals surface area (Å²) in [5.74, 6) is 5.68. The number of nitrogens with one attached hydrogen (secondary N) is 2. The predicted octanol–water partition coefficient (Wildman–Crippen LogP) is 0.258. The molecule has 0 unspecified atom stereocenters. The number of pyridine rings is 1. The zero-order valence-electron chi connectivity index (χ0n) is 15.5. The molecule has 0 spiro atoms. The molecule has 29 heavy (non-hydrogen) atoms. The number of fused-ring (bicyclic) bond motifs is 1. The number of carbonyl (C=O) groups is 3. The highest BCUT2D eigenvalue weighted by Crippen LogP contribution is 2.28. The van der Waals surface area contributed by atoms with Crippen molar-refractivity contribution in [3.63, 3.8) is 0 Å². The fourth-order valence-corrected chi connectivity index (χ4v) is 3.27. The van der Waals surface area contributed by atoms with Gasteiger partial charge in [0, 0.05) is 23.9 Å². The van der Waals surface area contributed by atoms with Crippen molar-refractivity contribution in [1.29, 1.82) is 0 Å². The number of ether oxygens (including phenoxy) is 1. The second kappa shape index (κ2) is 6.83. The molecule has 0 saturated carbocycles. The number of hydrogen-bond donors (Lipinski definition) is 3. The number of carbonyl (C=O) groups excluding carboxylic acids is 3. The lowest BCUT2D eigenvalue weighted by atomic mass is 9.99. The summed E-state index contributed by atoms with van der Waals surface area (Å²) in [6, 6.07) is 7.80. The van der Waals surface area contributed by atoms with Gasteiger partial charge in [-0.05, 0) is 29.8 Å². The first-order valence-corrected chi connectivity index (χ1v) is 8.75. The Morgan fingerprint density at radius 2 is 2.10 bits per heavy atom. The molecule has 9 heteroatoms. The molecule has 4 N–H and O–H groups in total. The maximum Gasteiger partial charge on any atom is 0.323 e. The normalized spacial score (nSPS) is 19.9. The highest BCUT2D eigenvalue weighted by molar-refractivity contribution is 6.10. The third kappa shape index (κ3) is 3.32. The topological polar surface area (TPSA) is 127 Å². The molecule has 4 amide bonds. The van der Waals surface area contributed by atoms with Gasteiger partial charge in [-0.2, -0.15) is 0 Å². The largest absolute Gasteiger partial charge is 0.497 e. The molecule has 4 rings (SSSR count). The smallest absolute Gasteiger partial charge is 0.323 e.